The van der Waals surface area contributed by atoms with Gasteiger partial charge < -0.3 is 5.32 Å². The summed E-state index contributed by atoms with van der Waals surface area (Å²) in [5.74, 6) is 0.837. The fraction of sp³-hybridized carbons (Fsp3) is 0.357. The van der Waals surface area contributed by atoms with E-state index in [-0.39, 0.29) is 16.1 Å². The molecule has 5 nitrogen and oxygen atoms in total. The van der Waals surface area contributed by atoms with Crippen LogP contribution in [0.4, 0.5) is 11.5 Å². The van der Waals surface area contributed by atoms with E-state index in [9.17, 15) is 10.1 Å². The first-order valence-electron chi connectivity index (χ1n) is 6.39. The summed E-state index contributed by atoms with van der Waals surface area (Å²) in [6.07, 6.45) is 3.57. The lowest BCUT2D eigenvalue weighted by atomic mass is 9.78. The fourth-order valence-electron chi connectivity index (χ4n) is 2.44. The Morgan fingerprint density at radius 3 is 2.74 bits per heavy atom. The molecule has 1 fully saturated rings. The maximum absolute atomic E-state index is 10.7. The van der Waals surface area contributed by atoms with Gasteiger partial charge in [-0.1, -0.05) is 0 Å². The number of nitro benzene ring substituents is 1. The minimum Gasteiger partial charge on any atom is -0.365 e. The van der Waals surface area contributed by atoms with Crippen molar-refractivity contribution in [3.05, 3.63) is 40.4 Å². The Balaban J connectivity index is 1.93. The number of nitrogens with one attached hydrogen (secondary N) is 1. The number of rotatable bonds is 3. The van der Waals surface area contributed by atoms with Crippen molar-refractivity contribution in [3.8, 4) is 0 Å². The van der Waals surface area contributed by atoms with Gasteiger partial charge >= 0.3 is 0 Å². The lowest BCUT2D eigenvalue weighted by Crippen LogP contribution is -2.41. The Bertz CT molecular complexity index is 650. The predicted molar refractivity (Wildman–Crippen MR) is 74.3 cm³/mol. The number of fused-ring (bicyclic) bond motifs is 1. The van der Waals surface area contributed by atoms with Crippen LogP contribution in [0.25, 0.3) is 10.9 Å². The smallest absolute Gasteiger partial charge is 0.270 e. The van der Waals surface area contributed by atoms with Crippen LogP contribution >= 0.6 is 0 Å². The fourth-order valence-corrected chi connectivity index (χ4v) is 2.44. The van der Waals surface area contributed by atoms with Crippen LogP contribution in [0.15, 0.2) is 30.3 Å². The van der Waals surface area contributed by atoms with Crippen molar-refractivity contribution < 1.29 is 4.92 Å². The van der Waals surface area contributed by atoms with Gasteiger partial charge in [0.25, 0.3) is 5.69 Å². The molecule has 1 aliphatic rings. The molecule has 1 aliphatic carbocycles. The van der Waals surface area contributed by atoms with Crippen LogP contribution in [-0.2, 0) is 0 Å². The van der Waals surface area contributed by atoms with Crippen LogP contribution in [0, 0.1) is 10.1 Å². The summed E-state index contributed by atoms with van der Waals surface area (Å²) in [6, 6.07) is 8.50. The maximum atomic E-state index is 10.7. The molecule has 0 spiro atoms. The molecule has 0 amide bonds. The van der Waals surface area contributed by atoms with Crippen LogP contribution < -0.4 is 5.32 Å². The third kappa shape index (κ3) is 2.23. The van der Waals surface area contributed by atoms with E-state index in [0.717, 1.165) is 29.6 Å². The van der Waals surface area contributed by atoms with Gasteiger partial charge in [-0.05, 0) is 44.4 Å². The first-order chi connectivity index (χ1) is 9.06. The summed E-state index contributed by atoms with van der Waals surface area (Å²) in [6.45, 7) is 2.19. The van der Waals surface area contributed by atoms with E-state index in [1.807, 2.05) is 12.1 Å². The van der Waals surface area contributed by atoms with E-state index in [0.29, 0.717) is 0 Å². The highest BCUT2D eigenvalue weighted by Crippen LogP contribution is 2.34. The van der Waals surface area contributed by atoms with Gasteiger partial charge in [0.15, 0.2) is 0 Å². The van der Waals surface area contributed by atoms with Gasteiger partial charge in [-0.25, -0.2) is 4.98 Å². The quantitative estimate of drug-likeness (QED) is 0.675. The Hall–Kier alpha value is -2.17. The molecule has 98 valence electrons. The zero-order valence-electron chi connectivity index (χ0n) is 10.7. The van der Waals surface area contributed by atoms with Crippen molar-refractivity contribution in [1.29, 1.82) is 0 Å². The first-order valence-corrected chi connectivity index (χ1v) is 6.39. The molecule has 1 saturated carbocycles. The second-order valence-corrected chi connectivity index (χ2v) is 5.37. The van der Waals surface area contributed by atoms with Gasteiger partial charge in [-0.15, -0.1) is 0 Å². The van der Waals surface area contributed by atoms with Crippen molar-refractivity contribution in [3.63, 3.8) is 0 Å². The van der Waals surface area contributed by atoms with Crippen LogP contribution in [0.1, 0.15) is 26.2 Å². The molecular formula is C14H15N3O2. The molecule has 0 saturated heterocycles. The van der Waals surface area contributed by atoms with Gasteiger partial charge in [0.2, 0.25) is 0 Å². The topological polar surface area (TPSA) is 68.1 Å². The first kappa shape index (κ1) is 11.9. The number of non-ortho nitro benzene ring substituents is 1. The molecule has 5 heteroatoms. The molecule has 0 aliphatic heterocycles. The highest BCUT2D eigenvalue weighted by Gasteiger charge is 2.31. The van der Waals surface area contributed by atoms with Gasteiger partial charge in [-0.3, -0.25) is 10.1 Å². The number of hydrogen-bond acceptors (Lipinski definition) is 4. The van der Waals surface area contributed by atoms with Crippen molar-refractivity contribution in [2.75, 3.05) is 5.32 Å². The summed E-state index contributed by atoms with van der Waals surface area (Å²) in [5, 5.41) is 14.9. The zero-order chi connectivity index (χ0) is 13.5. The monoisotopic (exact) mass is 257 g/mol. The molecular weight excluding hydrogens is 242 g/mol. The Labute approximate surface area is 110 Å². The number of benzene rings is 1. The summed E-state index contributed by atoms with van der Waals surface area (Å²) < 4.78 is 0. The summed E-state index contributed by atoms with van der Waals surface area (Å²) in [7, 11) is 0. The maximum Gasteiger partial charge on any atom is 0.270 e. The van der Waals surface area contributed by atoms with Gasteiger partial charge in [-0.2, -0.15) is 0 Å². The highest BCUT2D eigenvalue weighted by atomic mass is 16.6. The molecule has 1 heterocycles. The van der Waals surface area contributed by atoms with Crippen LogP contribution in [0.3, 0.4) is 0 Å². The molecule has 2 aromatic rings. The van der Waals surface area contributed by atoms with Crippen LogP contribution in [0.2, 0.25) is 0 Å². The minimum atomic E-state index is -0.388. The molecule has 19 heavy (non-hydrogen) atoms. The van der Waals surface area contributed by atoms with E-state index in [4.69, 9.17) is 0 Å². The number of pyridine rings is 1. The van der Waals surface area contributed by atoms with E-state index in [1.165, 1.54) is 12.5 Å². The van der Waals surface area contributed by atoms with Crippen molar-refractivity contribution in [2.24, 2.45) is 0 Å². The number of anilines is 1. The van der Waals surface area contributed by atoms with E-state index in [1.54, 1.807) is 12.1 Å². The molecule has 0 unspecified atom stereocenters. The van der Waals surface area contributed by atoms with E-state index >= 15 is 0 Å². The minimum absolute atomic E-state index is 0.0981. The average Bonchev–Trinajstić information content (AvgIpc) is 2.36. The van der Waals surface area contributed by atoms with Gasteiger partial charge in [0.05, 0.1) is 10.4 Å². The standard InChI is InChI=1S/C14H15N3O2/c1-14(7-2-8-14)16-13-6-3-10-9-11(17(18)19)4-5-12(10)15-13/h3-6,9H,2,7-8H2,1H3,(H,15,16). The van der Waals surface area contributed by atoms with Gasteiger partial charge in [0, 0.05) is 23.1 Å². The summed E-state index contributed by atoms with van der Waals surface area (Å²) in [4.78, 5) is 14.8. The SMILES string of the molecule is CC1(Nc2ccc3cc([N+](=O)[O-])ccc3n2)CCC1. The molecule has 1 N–H and O–H groups in total. The molecule has 0 bridgehead atoms. The predicted octanol–water partition coefficient (Wildman–Crippen LogP) is 3.50. The number of nitrogens with zero attached hydrogens (tertiary/aromatic N) is 2. The summed E-state index contributed by atoms with van der Waals surface area (Å²) >= 11 is 0. The Kier molecular flexibility index (Phi) is 2.62. The van der Waals surface area contributed by atoms with Gasteiger partial charge in [0.1, 0.15) is 5.82 Å². The van der Waals surface area contributed by atoms with Crippen LogP contribution in [-0.4, -0.2) is 15.4 Å². The normalized spacial score (nSPS) is 16.9. The van der Waals surface area contributed by atoms with Crippen molar-refractivity contribution in [2.45, 2.75) is 31.7 Å². The summed E-state index contributed by atoms with van der Waals surface area (Å²) in [5.41, 5.74) is 1.03. The molecule has 1 aromatic carbocycles. The van der Waals surface area contributed by atoms with Crippen molar-refractivity contribution in [1.82, 2.24) is 4.98 Å². The number of aromatic nitrogens is 1. The van der Waals surface area contributed by atoms with E-state index in [2.05, 4.69) is 17.2 Å². The Morgan fingerprint density at radius 2 is 2.11 bits per heavy atom. The molecule has 3 rings (SSSR count). The number of nitro groups is 1. The highest BCUT2D eigenvalue weighted by molar-refractivity contribution is 5.82. The lowest BCUT2D eigenvalue weighted by molar-refractivity contribution is -0.384. The van der Waals surface area contributed by atoms with E-state index < -0.39 is 0 Å². The average molecular weight is 257 g/mol. The largest absolute Gasteiger partial charge is 0.365 e. The molecule has 0 radical (unpaired) electrons. The van der Waals surface area contributed by atoms with Crippen LogP contribution in [0.5, 0.6) is 0 Å². The number of hydrogen-bond donors (Lipinski definition) is 1. The second kappa shape index (κ2) is 4.19. The third-order valence-electron chi connectivity index (χ3n) is 3.77. The van der Waals surface area contributed by atoms with Crippen molar-refractivity contribution >= 4 is 22.4 Å². The lowest BCUT2D eigenvalue weighted by Gasteiger charge is -2.39. The Morgan fingerprint density at radius 1 is 1.32 bits per heavy atom. The third-order valence-corrected chi connectivity index (χ3v) is 3.77. The molecule has 1 aromatic heterocycles. The zero-order valence-corrected chi connectivity index (χ0v) is 10.7. The second-order valence-electron chi connectivity index (χ2n) is 5.37. The molecule has 0 atom stereocenters.